The Morgan fingerprint density at radius 2 is 2.25 bits per heavy atom. The molecule has 2 N–H and O–H groups in total. The molecule has 0 aromatic heterocycles. The van der Waals surface area contributed by atoms with Crippen LogP contribution in [0.15, 0.2) is 46.6 Å². The molecule has 0 aliphatic carbocycles. The van der Waals surface area contributed by atoms with Crippen LogP contribution in [0.5, 0.6) is 5.75 Å². The zero-order valence-corrected chi connectivity index (χ0v) is 19.3. The average molecular weight is 457 g/mol. The third-order valence-electron chi connectivity index (χ3n) is 5.68. The maximum Gasteiger partial charge on any atom is 0.256 e. The number of carbonyl (C=O) groups excluding carboxylic acids is 1. The quantitative estimate of drug-likeness (QED) is 0.609. The molecule has 0 spiro atoms. The van der Waals surface area contributed by atoms with Crippen molar-refractivity contribution in [2.75, 3.05) is 26.8 Å². The van der Waals surface area contributed by atoms with Crippen molar-refractivity contribution in [3.8, 4) is 5.75 Å². The number of allylic oxidation sites excluding steroid dienone is 2. The van der Waals surface area contributed by atoms with Crippen molar-refractivity contribution in [2.24, 2.45) is 5.18 Å². The van der Waals surface area contributed by atoms with Gasteiger partial charge in [-0.2, -0.15) is 4.91 Å². The maximum atomic E-state index is 13.2. The number of hydrogen-bond acceptors (Lipinski definition) is 8. The molecule has 3 aliphatic heterocycles. The molecular weight excluding hydrogens is 428 g/mol. The van der Waals surface area contributed by atoms with Gasteiger partial charge in [0, 0.05) is 42.2 Å². The molecule has 1 aromatic rings. The van der Waals surface area contributed by atoms with E-state index in [1.165, 1.54) is 11.8 Å². The lowest BCUT2D eigenvalue weighted by molar-refractivity contribution is -0.132. The van der Waals surface area contributed by atoms with E-state index in [2.05, 4.69) is 21.9 Å². The summed E-state index contributed by atoms with van der Waals surface area (Å²) in [5.41, 5.74) is 3.92. The van der Waals surface area contributed by atoms with Gasteiger partial charge >= 0.3 is 0 Å². The normalized spacial score (nSPS) is 21.6. The molecule has 0 bridgehead atoms. The summed E-state index contributed by atoms with van der Waals surface area (Å²) >= 11 is 1.53. The highest BCUT2D eigenvalue weighted by molar-refractivity contribution is 8.04. The highest BCUT2D eigenvalue weighted by atomic mass is 32.2. The SMILES string of the molecule is COC1NC=CC=C1c1ccc2c(c1)C1=C(CCO2)SC(C(=O)N(CCN=O)C(C)C)N1. The molecule has 2 unspecified atom stereocenters. The molecule has 0 saturated carbocycles. The van der Waals surface area contributed by atoms with Crippen LogP contribution in [0.1, 0.15) is 31.4 Å². The van der Waals surface area contributed by atoms with Crippen LogP contribution in [0.2, 0.25) is 0 Å². The van der Waals surface area contributed by atoms with Gasteiger partial charge in [-0.3, -0.25) is 4.79 Å². The second kappa shape index (κ2) is 9.79. The fourth-order valence-corrected chi connectivity index (χ4v) is 5.27. The van der Waals surface area contributed by atoms with Crippen molar-refractivity contribution < 1.29 is 14.3 Å². The van der Waals surface area contributed by atoms with E-state index < -0.39 is 5.37 Å². The van der Waals surface area contributed by atoms with Gasteiger partial charge < -0.3 is 25.0 Å². The molecule has 170 valence electrons. The first kappa shape index (κ1) is 22.4. The monoisotopic (exact) mass is 456 g/mol. The van der Waals surface area contributed by atoms with Crippen LogP contribution >= 0.6 is 11.8 Å². The lowest BCUT2D eigenvalue weighted by atomic mass is 9.98. The molecule has 1 aromatic carbocycles. The minimum atomic E-state index is -0.436. The van der Waals surface area contributed by atoms with Gasteiger partial charge in [0.05, 0.1) is 18.8 Å². The molecule has 0 fully saturated rings. The van der Waals surface area contributed by atoms with Crippen LogP contribution in [0.3, 0.4) is 0 Å². The first-order valence-corrected chi connectivity index (χ1v) is 11.6. The number of ether oxygens (including phenoxy) is 2. The molecule has 8 nitrogen and oxygen atoms in total. The third-order valence-corrected chi connectivity index (χ3v) is 6.93. The van der Waals surface area contributed by atoms with Gasteiger partial charge in [0.15, 0.2) is 11.6 Å². The third kappa shape index (κ3) is 4.40. The first-order chi connectivity index (χ1) is 15.5. The molecule has 32 heavy (non-hydrogen) atoms. The number of fused-ring (bicyclic) bond motifs is 2. The molecule has 0 radical (unpaired) electrons. The first-order valence-electron chi connectivity index (χ1n) is 10.7. The Morgan fingerprint density at radius 1 is 1.41 bits per heavy atom. The van der Waals surface area contributed by atoms with E-state index in [0.29, 0.717) is 13.2 Å². The number of hydrogen-bond donors (Lipinski definition) is 2. The number of nitrogens with zero attached hydrogens (tertiary/aromatic N) is 2. The predicted molar refractivity (Wildman–Crippen MR) is 127 cm³/mol. The number of nitrogens with one attached hydrogen (secondary N) is 2. The second-order valence-corrected chi connectivity index (χ2v) is 9.19. The second-order valence-electron chi connectivity index (χ2n) is 7.99. The van der Waals surface area contributed by atoms with Crippen LogP contribution in [-0.4, -0.2) is 55.3 Å². The van der Waals surface area contributed by atoms with E-state index in [9.17, 15) is 9.70 Å². The van der Waals surface area contributed by atoms with E-state index in [4.69, 9.17) is 9.47 Å². The number of methoxy groups -OCH3 is 1. The summed E-state index contributed by atoms with van der Waals surface area (Å²) in [6.07, 6.45) is 6.34. The van der Waals surface area contributed by atoms with Crippen LogP contribution in [0.25, 0.3) is 11.3 Å². The van der Waals surface area contributed by atoms with E-state index in [-0.39, 0.29) is 24.7 Å². The molecule has 1 amide bonds. The Labute approximate surface area is 192 Å². The van der Waals surface area contributed by atoms with Gasteiger partial charge in [-0.15, -0.1) is 0 Å². The number of amides is 1. The van der Waals surface area contributed by atoms with E-state index in [0.717, 1.165) is 39.5 Å². The molecular formula is C23H28N4O4S. The summed E-state index contributed by atoms with van der Waals surface area (Å²) < 4.78 is 11.6. The molecule has 4 rings (SSSR count). The minimum absolute atomic E-state index is 0.0148. The topological polar surface area (TPSA) is 92.3 Å². The van der Waals surface area contributed by atoms with Crippen LogP contribution in [0, 0.1) is 4.91 Å². The Bertz CT molecular complexity index is 988. The van der Waals surface area contributed by atoms with Gasteiger partial charge in [0.1, 0.15) is 5.75 Å². The Balaban J connectivity index is 1.62. The molecule has 9 heteroatoms. The standard InChI is InChI=1S/C23H28N4O4S/c1-14(2)27(11-10-25-29)23(28)22-26-20-17-13-15(16-5-4-9-24-21(16)30-3)6-7-18(17)31-12-8-19(20)32-22/h4-7,9,13-14,21-22,24,26H,8,10-12H2,1-3H3. The maximum absolute atomic E-state index is 13.2. The lowest BCUT2D eigenvalue weighted by Crippen LogP contribution is -2.46. The lowest BCUT2D eigenvalue weighted by Gasteiger charge is -2.29. The number of nitroso groups, excluding NO2 is 1. The van der Waals surface area contributed by atoms with Crippen molar-refractivity contribution in [3.63, 3.8) is 0 Å². The number of benzene rings is 1. The molecule has 3 heterocycles. The fourth-order valence-electron chi connectivity index (χ4n) is 4.09. The predicted octanol–water partition coefficient (Wildman–Crippen LogP) is 3.28. The van der Waals surface area contributed by atoms with Gasteiger partial charge in [-0.25, -0.2) is 0 Å². The number of thioether (sulfide) groups is 1. The zero-order chi connectivity index (χ0) is 22.7. The summed E-state index contributed by atoms with van der Waals surface area (Å²) in [5.74, 6) is 0.754. The highest BCUT2D eigenvalue weighted by Crippen LogP contribution is 2.43. The van der Waals surface area contributed by atoms with Crippen molar-refractivity contribution in [2.45, 2.75) is 37.9 Å². The highest BCUT2D eigenvalue weighted by Gasteiger charge is 2.36. The zero-order valence-electron chi connectivity index (χ0n) is 18.5. The van der Waals surface area contributed by atoms with Gasteiger partial charge in [-0.05, 0) is 43.8 Å². The fraction of sp³-hybridized carbons (Fsp3) is 0.435. The van der Waals surface area contributed by atoms with Gasteiger partial charge in [0.2, 0.25) is 0 Å². The van der Waals surface area contributed by atoms with Crippen molar-refractivity contribution in [1.29, 1.82) is 0 Å². The van der Waals surface area contributed by atoms with Crippen molar-refractivity contribution in [3.05, 3.63) is 57.5 Å². The average Bonchev–Trinajstić information content (AvgIpc) is 3.15. The van der Waals surface area contributed by atoms with Crippen LogP contribution in [0.4, 0.5) is 0 Å². The largest absolute Gasteiger partial charge is 0.493 e. The smallest absolute Gasteiger partial charge is 0.256 e. The van der Waals surface area contributed by atoms with Crippen LogP contribution < -0.4 is 15.4 Å². The summed E-state index contributed by atoms with van der Waals surface area (Å²) in [6, 6.07) is 6.08. The summed E-state index contributed by atoms with van der Waals surface area (Å²) in [6.45, 7) is 4.86. The van der Waals surface area contributed by atoms with E-state index in [1.807, 2.05) is 44.3 Å². The Kier molecular flexibility index (Phi) is 6.86. The van der Waals surface area contributed by atoms with Gasteiger partial charge in [-0.1, -0.05) is 29.1 Å². The molecule has 3 aliphatic rings. The summed E-state index contributed by atoms with van der Waals surface area (Å²) in [5, 5.41) is 9.13. The van der Waals surface area contributed by atoms with Crippen molar-refractivity contribution in [1.82, 2.24) is 15.5 Å². The van der Waals surface area contributed by atoms with E-state index in [1.54, 1.807) is 12.0 Å². The van der Waals surface area contributed by atoms with Crippen molar-refractivity contribution >= 4 is 28.9 Å². The molecule has 0 saturated heterocycles. The number of dihydropyridines is 1. The van der Waals surface area contributed by atoms with Gasteiger partial charge in [0.25, 0.3) is 5.91 Å². The minimum Gasteiger partial charge on any atom is -0.493 e. The van der Waals surface area contributed by atoms with Crippen LogP contribution in [-0.2, 0) is 9.53 Å². The van der Waals surface area contributed by atoms with E-state index >= 15 is 0 Å². The summed E-state index contributed by atoms with van der Waals surface area (Å²) in [7, 11) is 1.67. The molecule has 2 atom stereocenters. The Hall–Kier alpha value is -2.78. The number of rotatable bonds is 7. The number of carbonyl (C=O) groups is 1. The Morgan fingerprint density at radius 3 is 3.00 bits per heavy atom. The summed E-state index contributed by atoms with van der Waals surface area (Å²) in [4.78, 5) is 26.7.